The Morgan fingerprint density at radius 1 is 1.00 bits per heavy atom. The van der Waals surface area contributed by atoms with Crippen molar-refractivity contribution in [1.29, 1.82) is 0 Å². The lowest BCUT2D eigenvalue weighted by atomic mass is 9.97. The third kappa shape index (κ3) is 4.92. The summed E-state index contributed by atoms with van der Waals surface area (Å²) in [5.41, 5.74) is 1.83. The molecule has 0 radical (unpaired) electrons. The molecule has 6 nitrogen and oxygen atoms in total. The van der Waals surface area contributed by atoms with Crippen LogP contribution >= 0.6 is 11.8 Å². The summed E-state index contributed by atoms with van der Waals surface area (Å²) in [6.45, 7) is 8.51. The van der Waals surface area contributed by atoms with Crippen LogP contribution in [0.25, 0.3) is 11.0 Å². The van der Waals surface area contributed by atoms with Crippen LogP contribution in [-0.2, 0) is 16.1 Å². The van der Waals surface area contributed by atoms with Gasteiger partial charge in [-0.3, -0.25) is 9.59 Å². The van der Waals surface area contributed by atoms with E-state index in [0.717, 1.165) is 55.0 Å². The average molecular weight is 443 g/mol. The topological polar surface area (TPSA) is 58.4 Å². The minimum atomic E-state index is 0.140. The Balaban J connectivity index is 1.50. The molecule has 0 unspecified atom stereocenters. The van der Waals surface area contributed by atoms with E-state index in [1.807, 2.05) is 38.6 Å². The molecule has 1 aromatic heterocycles. The van der Waals surface area contributed by atoms with Crippen LogP contribution in [0, 0.1) is 5.92 Å². The number of thioether (sulfide) groups is 1. The van der Waals surface area contributed by atoms with Crippen molar-refractivity contribution in [3.63, 3.8) is 0 Å². The maximum absolute atomic E-state index is 13.3. The highest BCUT2D eigenvalue weighted by atomic mass is 32.2. The average Bonchev–Trinajstić information content (AvgIpc) is 3.10. The van der Waals surface area contributed by atoms with Gasteiger partial charge in [0.1, 0.15) is 6.54 Å². The largest absolute Gasteiger partial charge is 0.342 e. The van der Waals surface area contributed by atoms with E-state index in [2.05, 4.69) is 20.8 Å². The summed E-state index contributed by atoms with van der Waals surface area (Å²) >= 11 is 1.46. The van der Waals surface area contributed by atoms with Gasteiger partial charge in [-0.15, -0.1) is 0 Å². The molecule has 0 bridgehead atoms. The van der Waals surface area contributed by atoms with Crippen LogP contribution in [0.1, 0.15) is 52.9 Å². The molecule has 2 amide bonds. The SMILES string of the molecule is CC1CCN(C(=O)CSc2nc3ccccc3n2CC(=O)N2[C@H](C)CCC[C@@H]2C)CC1. The number of imidazole rings is 1. The zero-order valence-electron chi connectivity index (χ0n) is 18.9. The number of piperidine rings is 2. The number of benzene rings is 1. The van der Waals surface area contributed by atoms with E-state index in [0.29, 0.717) is 11.7 Å². The molecule has 0 spiro atoms. The van der Waals surface area contributed by atoms with Crippen molar-refractivity contribution in [2.24, 2.45) is 5.92 Å². The highest BCUT2D eigenvalue weighted by molar-refractivity contribution is 7.99. The zero-order valence-corrected chi connectivity index (χ0v) is 19.7. The predicted molar refractivity (Wildman–Crippen MR) is 125 cm³/mol. The second kappa shape index (κ2) is 9.63. The number of likely N-dealkylation sites (tertiary alicyclic amines) is 2. The maximum Gasteiger partial charge on any atom is 0.243 e. The van der Waals surface area contributed by atoms with Crippen molar-refractivity contribution < 1.29 is 9.59 Å². The van der Waals surface area contributed by atoms with Crippen molar-refractivity contribution in [3.8, 4) is 0 Å². The van der Waals surface area contributed by atoms with Crippen LogP contribution < -0.4 is 0 Å². The second-order valence-corrected chi connectivity index (χ2v) is 10.2. The van der Waals surface area contributed by atoms with E-state index < -0.39 is 0 Å². The Labute approximate surface area is 189 Å². The van der Waals surface area contributed by atoms with E-state index in [-0.39, 0.29) is 30.4 Å². The number of amides is 2. The molecular weight excluding hydrogens is 408 g/mol. The summed E-state index contributed by atoms with van der Waals surface area (Å²) in [6.07, 6.45) is 5.46. The van der Waals surface area contributed by atoms with Crippen LogP contribution in [0.3, 0.4) is 0 Å². The van der Waals surface area contributed by atoms with E-state index in [1.54, 1.807) is 0 Å². The molecule has 0 N–H and O–H groups in total. The fourth-order valence-electron chi connectivity index (χ4n) is 4.92. The van der Waals surface area contributed by atoms with Gasteiger partial charge in [-0.2, -0.15) is 0 Å². The molecule has 4 rings (SSSR count). The van der Waals surface area contributed by atoms with Gasteiger partial charge in [-0.05, 0) is 64.0 Å². The third-order valence-corrected chi connectivity index (χ3v) is 7.82. The quantitative estimate of drug-likeness (QED) is 0.652. The van der Waals surface area contributed by atoms with Crippen LogP contribution in [0.5, 0.6) is 0 Å². The van der Waals surface area contributed by atoms with Crippen molar-refractivity contribution in [1.82, 2.24) is 19.4 Å². The van der Waals surface area contributed by atoms with Gasteiger partial charge >= 0.3 is 0 Å². The van der Waals surface area contributed by atoms with Gasteiger partial charge in [-0.1, -0.05) is 30.8 Å². The lowest BCUT2D eigenvalue weighted by Crippen LogP contribution is -2.48. The first-order chi connectivity index (χ1) is 14.9. The van der Waals surface area contributed by atoms with Gasteiger partial charge in [0.15, 0.2) is 5.16 Å². The Hall–Kier alpha value is -2.02. The van der Waals surface area contributed by atoms with Crippen LogP contribution in [0.15, 0.2) is 29.4 Å². The maximum atomic E-state index is 13.3. The summed E-state index contributed by atoms with van der Waals surface area (Å²) in [4.78, 5) is 34.8. The van der Waals surface area contributed by atoms with Gasteiger partial charge in [0.05, 0.1) is 16.8 Å². The number of hydrogen-bond acceptors (Lipinski definition) is 4. The molecule has 2 aliphatic rings. The van der Waals surface area contributed by atoms with Crippen molar-refractivity contribution >= 4 is 34.6 Å². The number of hydrogen-bond donors (Lipinski definition) is 0. The minimum absolute atomic E-state index is 0.140. The normalized spacial score (nSPS) is 22.8. The van der Waals surface area contributed by atoms with Crippen molar-refractivity contribution in [2.45, 2.75) is 76.7 Å². The number of carbonyl (C=O) groups excluding carboxylic acids is 2. The predicted octanol–water partition coefficient (Wildman–Crippen LogP) is 4.18. The van der Waals surface area contributed by atoms with Crippen LogP contribution in [0.4, 0.5) is 0 Å². The summed E-state index contributed by atoms with van der Waals surface area (Å²) in [5.74, 6) is 1.37. The van der Waals surface area contributed by atoms with Gasteiger partial charge < -0.3 is 14.4 Å². The standard InChI is InChI=1S/C24H34N4O2S/c1-17-11-13-26(14-12-17)23(30)16-31-24-25-20-9-4-5-10-21(20)27(24)15-22(29)28-18(2)7-6-8-19(28)3/h4-5,9-10,17-19H,6-8,11-16H2,1-3H3/t18-,19+. The zero-order chi connectivity index (χ0) is 22.0. The molecule has 31 heavy (non-hydrogen) atoms. The summed E-state index contributed by atoms with van der Waals surface area (Å²) in [7, 11) is 0. The number of carbonyl (C=O) groups is 2. The molecular formula is C24H34N4O2S. The van der Waals surface area contributed by atoms with E-state index in [9.17, 15) is 9.59 Å². The number of fused-ring (bicyclic) bond motifs is 1. The number of aromatic nitrogens is 2. The van der Waals surface area contributed by atoms with Crippen molar-refractivity contribution in [2.75, 3.05) is 18.8 Å². The fraction of sp³-hybridized carbons (Fsp3) is 0.625. The summed E-state index contributed by atoms with van der Waals surface area (Å²) in [5, 5.41) is 0.755. The number of para-hydroxylation sites is 2. The molecule has 0 aliphatic carbocycles. The Kier molecular flexibility index (Phi) is 6.89. The van der Waals surface area contributed by atoms with Gasteiger partial charge in [-0.25, -0.2) is 4.98 Å². The molecule has 2 aromatic rings. The molecule has 7 heteroatoms. The molecule has 2 saturated heterocycles. The smallest absolute Gasteiger partial charge is 0.243 e. The number of nitrogens with zero attached hydrogens (tertiary/aromatic N) is 4. The van der Waals surface area contributed by atoms with Crippen molar-refractivity contribution in [3.05, 3.63) is 24.3 Å². The highest BCUT2D eigenvalue weighted by Gasteiger charge is 2.30. The number of rotatable bonds is 5. The van der Waals surface area contributed by atoms with Crippen LogP contribution in [0.2, 0.25) is 0 Å². The lowest BCUT2D eigenvalue weighted by molar-refractivity contribution is -0.138. The van der Waals surface area contributed by atoms with Gasteiger partial charge in [0, 0.05) is 25.2 Å². The molecule has 2 atom stereocenters. The minimum Gasteiger partial charge on any atom is -0.342 e. The third-order valence-electron chi connectivity index (χ3n) is 6.86. The van der Waals surface area contributed by atoms with Gasteiger partial charge in [0.2, 0.25) is 11.8 Å². The van der Waals surface area contributed by atoms with E-state index >= 15 is 0 Å². The summed E-state index contributed by atoms with van der Waals surface area (Å²) in [6, 6.07) is 8.46. The molecule has 1 aromatic carbocycles. The Morgan fingerprint density at radius 3 is 2.39 bits per heavy atom. The van der Waals surface area contributed by atoms with Crippen LogP contribution in [-0.4, -0.2) is 62.1 Å². The lowest BCUT2D eigenvalue weighted by Gasteiger charge is -2.39. The van der Waals surface area contributed by atoms with E-state index in [4.69, 9.17) is 4.98 Å². The molecule has 168 valence electrons. The van der Waals surface area contributed by atoms with Gasteiger partial charge in [0.25, 0.3) is 0 Å². The Bertz CT molecular complexity index is 925. The first-order valence-corrected chi connectivity index (χ1v) is 12.6. The molecule has 3 heterocycles. The van der Waals surface area contributed by atoms with E-state index in [1.165, 1.54) is 18.2 Å². The fourth-order valence-corrected chi connectivity index (χ4v) is 5.84. The first kappa shape index (κ1) is 22.2. The monoisotopic (exact) mass is 442 g/mol. The summed E-state index contributed by atoms with van der Waals surface area (Å²) < 4.78 is 2.00. The highest BCUT2D eigenvalue weighted by Crippen LogP contribution is 2.27. The first-order valence-electron chi connectivity index (χ1n) is 11.6. The second-order valence-electron chi connectivity index (χ2n) is 9.25. The molecule has 2 fully saturated rings. The molecule has 0 saturated carbocycles. The molecule has 2 aliphatic heterocycles. The Morgan fingerprint density at radius 2 is 1.68 bits per heavy atom.